The van der Waals surface area contributed by atoms with E-state index < -0.39 is 10.9 Å². The van der Waals surface area contributed by atoms with Gasteiger partial charge in [0.15, 0.2) is 0 Å². The number of nitro groups is 1. The molecule has 0 amide bonds. The Morgan fingerprint density at radius 3 is 2.43 bits per heavy atom. The zero-order valence-electron chi connectivity index (χ0n) is 11.3. The molecule has 2 aromatic rings. The third kappa shape index (κ3) is 3.61. The van der Waals surface area contributed by atoms with Gasteiger partial charge in [0, 0.05) is 21.9 Å². The molecule has 0 aliphatic rings. The summed E-state index contributed by atoms with van der Waals surface area (Å²) in [5.41, 5.74) is 1.26. The topological polar surface area (TPSA) is 80.4 Å². The Kier molecular flexibility index (Phi) is 4.59. The quantitative estimate of drug-likeness (QED) is 0.667. The smallest absolute Gasteiger partial charge is 0.335 e. The highest BCUT2D eigenvalue weighted by molar-refractivity contribution is 7.99. The molecule has 0 fully saturated rings. The number of non-ortho nitro benzene ring substituents is 1. The van der Waals surface area contributed by atoms with Crippen LogP contribution in [0.1, 0.15) is 22.8 Å². The molecule has 21 heavy (non-hydrogen) atoms. The number of rotatable bonds is 5. The summed E-state index contributed by atoms with van der Waals surface area (Å²) in [7, 11) is 0. The number of carboxylic acids is 1. The van der Waals surface area contributed by atoms with E-state index in [0.717, 1.165) is 21.8 Å². The van der Waals surface area contributed by atoms with E-state index in [1.165, 1.54) is 23.9 Å². The van der Waals surface area contributed by atoms with Crippen LogP contribution in [0.2, 0.25) is 0 Å². The van der Waals surface area contributed by atoms with Crippen molar-refractivity contribution < 1.29 is 14.8 Å². The Morgan fingerprint density at radius 1 is 1.24 bits per heavy atom. The monoisotopic (exact) mass is 303 g/mol. The first-order chi connectivity index (χ1) is 10.0. The lowest BCUT2D eigenvalue weighted by Gasteiger charge is -2.08. The third-order valence-corrected chi connectivity index (χ3v) is 4.09. The fraction of sp³-hybridized carbons (Fsp3) is 0.133. The molecule has 0 spiro atoms. The van der Waals surface area contributed by atoms with Gasteiger partial charge in [-0.15, -0.1) is 0 Å². The molecule has 5 nitrogen and oxygen atoms in total. The minimum Gasteiger partial charge on any atom is -0.478 e. The number of carbonyl (C=O) groups is 1. The minimum atomic E-state index is -0.948. The molecule has 108 valence electrons. The molecule has 0 saturated carbocycles. The molecular formula is C15H13NO4S. The van der Waals surface area contributed by atoms with Gasteiger partial charge >= 0.3 is 5.97 Å². The highest BCUT2D eigenvalue weighted by Crippen LogP contribution is 2.32. The van der Waals surface area contributed by atoms with Crippen molar-refractivity contribution in [3.05, 3.63) is 63.7 Å². The van der Waals surface area contributed by atoms with Gasteiger partial charge in [-0.1, -0.05) is 18.7 Å². The van der Waals surface area contributed by atoms with E-state index in [0.29, 0.717) is 0 Å². The number of hydrogen-bond acceptors (Lipinski definition) is 4. The maximum atomic E-state index is 11.0. The molecule has 0 aliphatic carbocycles. The lowest BCUT2D eigenvalue weighted by molar-refractivity contribution is -0.384. The second-order valence-corrected chi connectivity index (χ2v) is 5.45. The van der Waals surface area contributed by atoms with Crippen LogP contribution in [0.4, 0.5) is 5.69 Å². The molecule has 6 heteroatoms. The molecule has 0 saturated heterocycles. The van der Waals surface area contributed by atoms with Crippen molar-refractivity contribution in [2.45, 2.75) is 23.1 Å². The second kappa shape index (κ2) is 6.41. The number of nitrogens with zero attached hydrogens (tertiary/aromatic N) is 1. The maximum absolute atomic E-state index is 11.0. The highest BCUT2D eigenvalue weighted by atomic mass is 32.2. The Morgan fingerprint density at radius 2 is 1.90 bits per heavy atom. The molecule has 0 unspecified atom stereocenters. The summed E-state index contributed by atoms with van der Waals surface area (Å²) < 4.78 is 0. The van der Waals surface area contributed by atoms with Crippen LogP contribution in [-0.4, -0.2) is 16.0 Å². The summed E-state index contributed by atoms with van der Waals surface area (Å²) in [6.45, 7) is 1.96. The van der Waals surface area contributed by atoms with E-state index in [9.17, 15) is 14.9 Å². The normalized spacial score (nSPS) is 10.3. The van der Waals surface area contributed by atoms with Gasteiger partial charge in [-0.25, -0.2) is 4.79 Å². The molecular weight excluding hydrogens is 290 g/mol. The maximum Gasteiger partial charge on any atom is 0.335 e. The zero-order chi connectivity index (χ0) is 15.4. The first-order valence-corrected chi connectivity index (χ1v) is 7.11. The molecule has 0 radical (unpaired) electrons. The number of carboxylic acid groups (broad SMARTS) is 1. The zero-order valence-corrected chi connectivity index (χ0v) is 12.1. The lowest BCUT2D eigenvalue weighted by atomic mass is 10.1. The average molecular weight is 303 g/mol. The van der Waals surface area contributed by atoms with Crippen LogP contribution >= 0.6 is 11.8 Å². The number of benzene rings is 2. The van der Waals surface area contributed by atoms with Gasteiger partial charge in [0.2, 0.25) is 0 Å². The summed E-state index contributed by atoms with van der Waals surface area (Å²) >= 11 is 1.46. The van der Waals surface area contributed by atoms with Crippen LogP contribution < -0.4 is 0 Å². The number of aryl methyl sites for hydroxylation is 1. The first-order valence-electron chi connectivity index (χ1n) is 6.29. The standard InChI is InChI=1S/C15H13NO4S/c1-2-10-9-11(15(17)18)3-8-14(10)21-13-6-4-12(5-7-13)16(19)20/h3-9H,2H2,1H3,(H,17,18). The average Bonchev–Trinajstić information content (AvgIpc) is 2.48. The van der Waals surface area contributed by atoms with Crippen LogP contribution in [0, 0.1) is 10.1 Å². The minimum absolute atomic E-state index is 0.0521. The van der Waals surface area contributed by atoms with Crippen molar-refractivity contribution in [1.29, 1.82) is 0 Å². The summed E-state index contributed by atoms with van der Waals surface area (Å²) in [5, 5.41) is 19.6. The summed E-state index contributed by atoms with van der Waals surface area (Å²) in [6, 6.07) is 11.3. The van der Waals surface area contributed by atoms with Gasteiger partial charge in [0.05, 0.1) is 10.5 Å². The van der Waals surface area contributed by atoms with Crippen LogP contribution in [0.3, 0.4) is 0 Å². The Balaban J connectivity index is 2.26. The third-order valence-electron chi connectivity index (χ3n) is 2.96. The molecule has 0 bridgehead atoms. The van der Waals surface area contributed by atoms with Crippen molar-refractivity contribution in [2.75, 3.05) is 0 Å². The fourth-order valence-electron chi connectivity index (χ4n) is 1.85. The van der Waals surface area contributed by atoms with Crippen molar-refractivity contribution >= 4 is 23.4 Å². The van der Waals surface area contributed by atoms with E-state index in [1.54, 1.807) is 30.3 Å². The van der Waals surface area contributed by atoms with E-state index in [1.807, 2.05) is 6.92 Å². The summed E-state index contributed by atoms with van der Waals surface area (Å²) in [5.74, 6) is -0.948. The molecule has 0 atom stereocenters. The SMILES string of the molecule is CCc1cc(C(=O)O)ccc1Sc1ccc([N+](=O)[O-])cc1. The number of aromatic carboxylic acids is 1. The molecule has 0 aliphatic heterocycles. The van der Waals surface area contributed by atoms with Gasteiger partial charge in [-0.3, -0.25) is 10.1 Å². The van der Waals surface area contributed by atoms with E-state index in [2.05, 4.69) is 0 Å². The van der Waals surface area contributed by atoms with Gasteiger partial charge in [-0.05, 0) is 42.3 Å². The summed E-state index contributed by atoms with van der Waals surface area (Å²) in [4.78, 5) is 23.0. The van der Waals surface area contributed by atoms with Crippen LogP contribution in [0.25, 0.3) is 0 Å². The van der Waals surface area contributed by atoms with E-state index >= 15 is 0 Å². The first kappa shape index (κ1) is 15.1. The summed E-state index contributed by atoms with van der Waals surface area (Å²) in [6.07, 6.45) is 0.719. The Bertz CT molecular complexity index is 683. The molecule has 2 rings (SSSR count). The number of nitro benzene ring substituents is 1. The van der Waals surface area contributed by atoms with E-state index in [4.69, 9.17) is 5.11 Å². The van der Waals surface area contributed by atoms with Crippen LogP contribution in [0.15, 0.2) is 52.3 Å². The predicted octanol–water partition coefficient (Wildman–Crippen LogP) is 4.01. The largest absolute Gasteiger partial charge is 0.478 e. The van der Waals surface area contributed by atoms with Crippen LogP contribution in [-0.2, 0) is 6.42 Å². The lowest BCUT2D eigenvalue weighted by Crippen LogP contribution is -1.98. The Hall–Kier alpha value is -2.34. The predicted molar refractivity (Wildman–Crippen MR) is 80.0 cm³/mol. The van der Waals surface area contributed by atoms with Crippen molar-refractivity contribution in [3.8, 4) is 0 Å². The van der Waals surface area contributed by atoms with Crippen molar-refractivity contribution in [2.24, 2.45) is 0 Å². The molecule has 2 aromatic carbocycles. The highest BCUT2D eigenvalue weighted by Gasteiger charge is 2.10. The second-order valence-electron chi connectivity index (χ2n) is 4.33. The van der Waals surface area contributed by atoms with E-state index in [-0.39, 0.29) is 11.3 Å². The molecule has 0 heterocycles. The Labute approximate surface area is 125 Å². The van der Waals surface area contributed by atoms with Gasteiger partial charge < -0.3 is 5.11 Å². The molecule has 0 aromatic heterocycles. The van der Waals surface area contributed by atoms with Crippen molar-refractivity contribution in [3.63, 3.8) is 0 Å². The van der Waals surface area contributed by atoms with Crippen LogP contribution in [0.5, 0.6) is 0 Å². The van der Waals surface area contributed by atoms with Gasteiger partial charge in [0.1, 0.15) is 0 Å². The number of hydrogen-bond donors (Lipinski definition) is 1. The fourth-order valence-corrected chi connectivity index (χ4v) is 2.85. The van der Waals surface area contributed by atoms with Gasteiger partial charge in [-0.2, -0.15) is 0 Å². The van der Waals surface area contributed by atoms with Gasteiger partial charge in [0.25, 0.3) is 5.69 Å². The van der Waals surface area contributed by atoms with Crippen molar-refractivity contribution in [1.82, 2.24) is 0 Å². The molecule has 1 N–H and O–H groups in total.